The molecule has 1 aliphatic rings. The molecule has 0 saturated carbocycles. The van der Waals surface area contributed by atoms with Crippen molar-refractivity contribution in [2.75, 3.05) is 17.2 Å². The van der Waals surface area contributed by atoms with Gasteiger partial charge in [-0.2, -0.15) is 0 Å². The van der Waals surface area contributed by atoms with E-state index in [9.17, 15) is 9.59 Å². The monoisotopic (exact) mass is 310 g/mol. The molecule has 2 aromatic carbocycles. The van der Waals surface area contributed by atoms with E-state index in [0.717, 1.165) is 6.42 Å². The van der Waals surface area contributed by atoms with Crippen LogP contribution in [0.4, 0.5) is 11.4 Å². The van der Waals surface area contributed by atoms with Crippen molar-refractivity contribution in [2.24, 2.45) is 0 Å². The van der Waals surface area contributed by atoms with Crippen LogP contribution in [0.3, 0.4) is 0 Å². The number of anilines is 2. The summed E-state index contributed by atoms with van der Waals surface area (Å²) in [6.45, 7) is 0.605. The van der Waals surface area contributed by atoms with Gasteiger partial charge in [-0.15, -0.1) is 0 Å². The zero-order valence-electron chi connectivity index (χ0n) is 12.6. The van der Waals surface area contributed by atoms with Crippen molar-refractivity contribution >= 4 is 23.2 Å². The highest BCUT2D eigenvalue weighted by Crippen LogP contribution is 2.20. The average Bonchev–Trinajstić information content (AvgIpc) is 3.11. The molecule has 5 heteroatoms. The molecule has 0 aliphatic carbocycles. The second-order valence-corrected chi connectivity index (χ2v) is 5.36. The van der Waals surface area contributed by atoms with Crippen molar-refractivity contribution < 1.29 is 14.3 Å². The summed E-state index contributed by atoms with van der Waals surface area (Å²) in [7, 11) is 0. The highest BCUT2D eigenvalue weighted by Gasteiger charge is 2.24. The molecule has 2 aromatic rings. The quantitative estimate of drug-likeness (QED) is 0.912. The lowest BCUT2D eigenvalue weighted by atomic mass is 10.1. The Hall–Kier alpha value is -2.66. The lowest BCUT2D eigenvalue weighted by Crippen LogP contribution is -2.28. The molecule has 1 heterocycles. The van der Waals surface area contributed by atoms with E-state index in [1.807, 2.05) is 30.3 Å². The van der Waals surface area contributed by atoms with E-state index in [-0.39, 0.29) is 11.8 Å². The zero-order valence-corrected chi connectivity index (χ0v) is 12.6. The summed E-state index contributed by atoms with van der Waals surface area (Å²) in [6.07, 6.45) is 1.17. The maximum Gasteiger partial charge on any atom is 0.257 e. The van der Waals surface area contributed by atoms with Gasteiger partial charge in [0.15, 0.2) is 0 Å². The molecule has 0 spiro atoms. The van der Waals surface area contributed by atoms with Crippen molar-refractivity contribution in [2.45, 2.75) is 18.9 Å². The SMILES string of the molecule is O=C(Nc1ccccc1)c1ccccc1NC(=O)[C@@H]1CCCO1. The number of ether oxygens (including phenoxy) is 1. The summed E-state index contributed by atoms with van der Waals surface area (Å²) in [6, 6.07) is 16.1. The molecule has 0 aromatic heterocycles. The van der Waals surface area contributed by atoms with Crippen LogP contribution in [0.1, 0.15) is 23.2 Å². The fraction of sp³-hybridized carbons (Fsp3) is 0.222. The Balaban J connectivity index is 1.74. The molecular formula is C18H18N2O3. The third kappa shape index (κ3) is 3.76. The normalized spacial score (nSPS) is 16.8. The van der Waals surface area contributed by atoms with E-state index in [1.165, 1.54) is 0 Å². The lowest BCUT2D eigenvalue weighted by molar-refractivity contribution is -0.124. The largest absolute Gasteiger partial charge is 0.368 e. The first-order valence-electron chi connectivity index (χ1n) is 7.62. The van der Waals surface area contributed by atoms with Crippen LogP contribution in [-0.2, 0) is 9.53 Å². The van der Waals surface area contributed by atoms with Gasteiger partial charge in [0.1, 0.15) is 6.10 Å². The first kappa shape index (κ1) is 15.2. The Morgan fingerprint density at radius 1 is 0.957 bits per heavy atom. The van der Waals surface area contributed by atoms with Gasteiger partial charge in [-0.1, -0.05) is 30.3 Å². The number of hydrogen-bond donors (Lipinski definition) is 2. The molecule has 1 saturated heterocycles. The van der Waals surface area contributed by atoms with E-state index in [2.05, 4.69) is 10.6 Å². The third-order valence-electron chi connectivity index (χ3n) is 3.68. The van der Waals surface area contributed by atoms with Crippen LogP contribution in [0.2, 0.25) is 0 Å². The average molecular weight is 310 g/mol. The van der Waals surface area contributed by atoms with Crippen LogP contribution < -0.4 is 10.6 Å². The molecule has 1 aliphatic heterocycles. The van der Waals surface area contributed by atoms with Gasteiger partial charge in [-0.3, -0.25) is 9.59 Å². The molecule has 2 N–H and O–H groups in total. The molecule has 0 unspecified atom stereocenters. The number of carbonyl (C=O) groups is 2. The fourth-order valence-corrected chi connectivity index (χ4v) is 2.51. The molecule has 1 fully saturated rings. The number of rotatable bonds is 4. The minimum absolute atomic E-state index is 0.206. The molecule has 23 heavy (non-hydrogen) atoms. The first-order chi connectivity index (χ1) is 11.2. The van der Waals surface area contributed by atoms with Crippen molar-refractivity contribution in [3.8, 4) is 0 Å². The van der Waals surface area contributed by atoms with Gasteiger partial charge in [0.05, 0.1) is 11.3 Å². The Kier molecular flexibility index (Phi) is 4.68. The molecule has 3 rings (SSSR count). The predicted octanol–water partition coefficient (Wildman–Crippen LogP) is 3.06. The van der Waals surface area contributed by atoms with Crippen molar-refractivity contribution in [3.05, 3.63) is 60.2 Å². The van der Waals surface area contributed by atoms with Crippen LogP contribution in [0.15, 0.2) is 54.6 Å². The van der Waals surface area contributed by atoms with Gasteiger partial charge >= 0.3 is 0 Å². The van der Waals surface area contributed by atoms with Crippen molar-refractivity contribution in [3.63, 3.8) is 0 Å². The topological polar surface area (TPSA) is 67.4 Å². The molecule has 2 amide bonds. The summed E-state index contributed by atoms with van der Waals surface area (Å²) < 4.78 is 5.37. The molecule has 1 atom stereocenters. The van der Waals surface area contributed by atoms with Gasteiger partial charge in [0.2, 0.25) is 0 Å². The fourth-order valence-electron chi connectivity index (χ4n) is 2.51. The Labute approximate surface area is 134 Å². The van der Waals surface area contributed by atoms with E-state index in [4.69, 9.17) is 4.74 Å². The number of nitrogens with one attached hydrogen (secondary N) is 2. The van der Waals surface area contributed by atoms with Gasteiger partial charge in [-0.05, 0) is 37.1 Å². The summed E-state index contributed by atoms with van der Waals surface area (Å²) in [5, 5.41) is 5.61. The summed E-state index contributed by atoms with van der Waals surface area (Å²) >= 11 is 0. The lowest BCUT2D eigenvalue weighted by Gasteiger charge is -2.14. The number of amides is 2. The minimum atomic E-state index is -0.430. The molecule has 5 nitrogen and oxygen atoms in total. The molecule has 0 radical (unpaired) electrons. The molecule has 118 valence electrons. The van der Waals surface area contributed by atoms with Gasteiger partial charge in [0, 0.05) is 12.3 Å². The number of para-hydroxylation sites is 2. The summed E-state index contributed by atoms with van der Waals surface area (Å²) in [4.78, 5) is 24.6. The maximum absolute atomic E-state index is 12.4. The number of benzene rings is 2. The van der Waals surface area contributed by atoms with Crippen LogP contribution in [0.25, 0.3) is 0 Å². The Morgan fingerprint density at radius 2 is 1.70 bits per heavy atom. The second kappa shape index (κ2) is 7.07. The number of carbonyl (C=O) groups excluding carboxylic acids is 2. The van der Waals surface area contributed by atoms with Crippen LogP contribution in [-0.4, -0.2) is 24.5 Å². The Bertz CT molecular complexity index is 694. The minimum Gasteiger partial charge on any atom is -0.368 e. The highest BCUT2D eigenvalue weighted by molar-refractivity contribution is 6.10. The smallest absolute Gasteiger partial charge is 0.257 e. The van der Waals surface area contributed by atoms with E-state index in [0.29, 0.717) is 30.0 Å². The Morgan fingerprint density at radius 3 is 2.43 bits per heavy atom. The van der Waals surface area contributed by atoms with Gasteiger partial charge in [0.25, 0.3) is 11.8 Å². The maximum atomic E-state index is 12.4. The third-order valence-corrected chi connectivity index (χ3v) is 3.68. The van der Waals surface area contributed by atoms with Crippen LogP contribution in [0, 0.1) is 0 Å². The van der Waals surface area contributed by atoms with Crippen LogP contribution in [0.5, 0.6) is 0 Å². The van der Waals surface area contributed by atoms with E-state index in [1.54, 1.807) is 24.3 Å². The van der Waals surface area contributed by atoms with Crippen molar-refractivity contribution in [1.29, 1.82) is 0 Å². The standard InChI is InChI=1S/C18H18N2O3/c21-17(19-13-7-2-1-3-8-13)14-9-4-5-10-15(14)20-18(22)16-11-6-12-23-16/h1-5,7-10,16H,6,11-12H2,(H,19,21)(H,20,22)/t16-/m0/s1. The van der Waals surface area contributed by atoms with E-state index < -0.39 is 6.10 Å². The summed E-state index contributed by atoms with van der Waals surface area (Å²) in [5.41, 5.74) is 1.61. The number of hydrogen-bond acceptors (Lipinski definition) is 3. The van der Waals surface area contributed by atoms with Crippen molar-refractivity contribution in [1.82, 2.24) is 0 Å². The second-order valence-electron chi connectivity index (χ2n) is 5.36. The molecular weight excluding hydrogens is 292 g/mol. The first-order valence-corrected chi connectivity index (χ1v) is 7.62. The van der Waals surface area contributed by atoms with Gasteiger partial charge in [-0.25, -0.2) is 0 Å². The van der Waals surface area contributed by atoms with Crippen LogP contribution >= 0.6 is 0 Å². The predicted molar refractivity (Wildman–Crippen MR) is 88.4 cm³/mol. The summed E-state index contributed by atoms with van der Waals surface area (Å²) in [5.74, 6) is -0.470. The zero-order chi connectivity index (χ0) is 16.1. The van der Waals surface area contributed by atoms with Gasteiger partial charge < -0.3 is 15.4 Å². The molecule has 0 bridgehead atoms. The highest BCUT2D eigenvalue weighted by atomic mass is 16.5. The van der Waals surface area contributed by atoms with E-state index >= 15 is 0 Å².